The first kappa shape index (κ1) is 17.8. The van der Waals surface area contributed by atoms with E-state index in [0.717, 1.165) is 11.3 Å². The van der Waals surface area contributed by atoms with Crippen LogP contribution < -0.4 is 14.2 Å². The molecule has 0 saturated heterocycles. The Hall–Kier alpha value is -1.57. The van der Waals surface area contributed by atoms with Crippen molar-refractivity contribution in [3.8, 4) is 11.5 Å². The van der Waals surface area contributed by atoms with Crippen LogP contribution in [0.25, 0.3) is 0 Å². The number of ether oxygens (including phenoxy) is 2. The van der Waals surface area contributed by atoms with E-state index in [0.29, 0.717) is 10.2 Å². The number of nitrogens with one attached hydrogen (secondary N) is 1. The summed E-state index contributed by atoms with van der Waals surface area (Å²) in [5, 5.41) is 0. The van der Waals surface area contributed by atoms with Crippen molar-refractivity contribution in [2.75, 3.05) is 20.3 Å². The Balaban J connectivity index is 1.94. The van der Waals surface area contributed by atoms with Gasteiger partial charge in [0.25, 0.3) is 0 Å². The van der Waals surface area contributed by atoms with E-state index in [2.05, 4.69) is 20.7 Å². The molecule has 0 amide bonds. The number of methoxy groups -OCH3 is 1. The molecule has 2 aromatic carbocycles. The minimum absolute atomic E-state index is 0.168. The van der Waals surface area contributed by atoms with E-state index < -0.39 is 10.0 Å². The van der Waals surface area contributed by atoms with Gasteiger partial charge in [0.1, 0.15) is 18.1 Å². The van der Waals surface area contributed by atoms with Crippen LogP contribution in [0.3, 0.4) is 0 Å². The monoisotopic (exact) mass is 399 g/mol. The third-order valence-electron chi connectivity index (χ3n) is 3.18. The van der Waals surface area contributed by atoms with E-state index in [1.165, 1.54) is 19.2 Å². The highest BCUT2D eigenvalue weighted by Crippen LogP contribution is 2.27. The zero-order chi connectivity index (χ0) is 16.9. The first-order valence-electron chi connectivity index (χ1n) is 6.95. The van der Waals surface area contributed by atoms with Gasteiger partial charge in [-0.3, -0.25) is 0 Å². The molecule has 0 radical (unpaired) electrons. The summed E-state index contributed by atoms with van der Waals surface area (Å²) in [6.07, 6.45) is 0. The van der Waals surface area contributed by atoms with E-state index in [4.69, 9.17) is 9.47 Å². The molecule has 0 aliphatic rings. The van der Waals surface area contributed by atoms with Crippen LogP contribution >= 0.6 is 15.9 Å². The lowest BCUT2D eigenvalue weighted by atomic mass is 10.2. The van der Waals surface area contributed by atoms with Gasteiger partial charge in [-0.15, -0.1) is 0 Å². The zero-order valence-corrected chi connectivity index (χ0v) is 15.3. The number of aryl methyl sites for hydroxylation is 1. The van der Waals surface area contributed by atoms with Gasteiger partial charge < -0.3 is 9.47 Å². The van der Waals surface area contributed by atoms with E-state index >= 15 is 0 Å². The zero-order valence-electron chi connectivity index (χ0n) is 12.9. The van der Waals surface area contributed by atoms with Crippen molar-refractivity contribution in [2.24, 2.45) is 0 Å². The molecule has 0 atom stereocenters. The van der Waals surface area contributed by atoms with E-state index in [1.54, 1.807) is 6.07 Å². The standard InChI is InChI=1S/C16H18BrNO4S/c1-12-5-3-4-6-15(12)22-10-9-18-23(19,20)13-7-8-16(21-2)14(17)11-13/h3-8,11,18H,9-10H2,1-2H3. The van der Waals surface area contributed by atoms with Crippen LogP contribution in [0.2, 0.25) is 0 Å². The predicted molar refractivity (Wildman–Crippen MR) is 92.6 cm³/mol. The van der Waals surface area contributed by atoms with Crippen molar-refractivity contribution in [3.05, 3.63) is 52.5 Å². The van der Waals surface area contributed by atoms with Crippen molar-refractivity contribution < 1.29 is 17.9 Å². The highest BCUT2D eigenvalue weighted by Gasteiger charge is 2.15. The van der Waals surface area contributed by atoms with Crippen LogP contribution in [0.1, 0.15) is 5.56 Å². The lowest BCUT2D eigenvalue weighted by Crippen LogP contribution is -2.28. The second-order valence-electron chi connectivity index (χ2n) is 4.81. The van der Waals surface area contributed by atoms with Gasteiger partial charge in [-0.05, 0) is 52.7 Å². The fourth-order valence-corrected chi connectivity index (χ4v) is 3.68. The van der Waals surface area contributed by atoms with Gasteiger partial charge >= 0.3 is 0 Å². The summed E-state index contributed by atoms with van der Waals surface area (Å²) >= 11 is 3.28. The first-order chi connectivity index (χ1) is 10.9. The third kappa shape index (κ3) is 4.70. The van der Waals surface area contributed by atoms with Gasteiger partial charge in [-0.25, -0.2) is 13.1 Å². The van der Waals surface area contributed by atoms with Crippen LogP contribution in [-0.2, 0) is 10.0 Å². The van der Waals surface area contributed by atoms with Crippen LogP contribution in [0.5, 0.6) is 11.5 Å². The number of para-hydroxylation sites is 1. The van der Waals surface area contributed by atoms with Gasteiger partial charge in [0.2, 0.25) is 10.0 Å². The van der Waals surface area contributed by atoms with Crippen molar-refractivity contribution in [1.82, 2.24) is 4.72 Å². The predicted octanol–water partition coefficient (Wildman–Crippen LogP) is 3.12. The molecule has 0 heterocycles. The number of hydrogen-bond donors (Lipinski definition) is 1. The number of sulfonamides is 1. The lowest BCUT2D eigenvalue weighted by molar-refractivity contribution is 0.320. The summed E-state index contributed by atoms with van der Waals surface area (Å²) in [6.45, 7) is 2.37. The lowest BCUT2D eigenvalue weighted by Gasteiger charge is -2.11. The molecule has 0 saturated carbocycles. The number of hydrogen-bond acceptors (Lipinski definition) is 4. The molecule has 0 aliphatic heterocycles. The molecule has 0 fully saturated rings. The molecular formula is C16H18BrNO4S. The number of benzene rings is 2. The molecule has 0 spiro atoms. The Morgan fingerprint density at radius 1 is 1.13 bits per heavy atom. The van der Waals surface area contributed by atoms with Crippen LogP contribution in [0.15, 0.2) is 51.8 Å². The van der Waals surface area contributed by atoms with Gasteiger partial charge in [0.05, 0.1) is 16.5 Å². The van der Waals surface area contributed by atoms with E-state index in [-0.39, 0.29) is 18.0 Å². The first-order valence-corrected chi connectivity index (χ1v) is 9.23. The van der Waals surface area contributed by atoms with Gasteiger partial charge in [0.15, 0.2) is 0 Å². The normalized spacial score (nSPS) is 11.3. The molecule has 2 rings (SSSR count). The summed E-state index contributed by atoms with van der Waals surface area (Å²) in [6, 6.07) is 12.2. The molecule has 124 valence electrons. The second-order valence-corrected chi connectivity index (χ2v) is 7.43. The fourth-order valence-electron chi connectivity index (χ4n) is 1.95. The minimum Gasteiger partial charge on any atom is -0.496 e. The molecule has 0 aliphatic carbocycles. The fraction of sp³-hybridized carbons (Fsp3) is 0.250. The Morgan fingerprint density at radius 3 is 2.52 bits per heavy atom. The maximum absolute atomic E-state index is 12.2. The molecular weight excluding hydrogens is 382 g/mol. The van der Waals surface area contributed by atoms with Crippen molar-refractivity contribution in [1.29, 1.82) is 0 Å². The van der Waals surface area contributed by atoms with Crippen LogP contribution in [0.4, 0.5) is 0 Å². The van der Waals surface area contributed by atoms with Gasteiger partial charge in [-0.1, -0.05) is 18.2 Å². The average molecular weight is 400 g/mol. The Labute approximate surface area is 144 Å². The molecule has 1 N–H and O–H groups in total. The highest BCUT2D eigenvalue weighted by atomic mass is 79.9. The van der Waals surface area contributed by atoms with Crippen molar-refractivity contribution in [3.63, 3.8) is 0 Å². The van der Waals surface area contributed by atoms with Crippen LogP contribution in [-0.4, -0.2) is 28.7 Å². The van der Waals surface area contributed by atoms with Crippen LogP contribution in [0, 0.1) is 6.92 Å². The quantitative estimate of drug-likeness (QED) is 0.726. The summed E-state index contributed by atoms with van der Waals surface area (Å²) in [5.41, 5.74) is 1.01. The van der Waals surface area contributed by atoms with Crippen molar-refractivity contribution >= 4 is 26.0 Å². The van der Waals surface area contributed by atoms with E-state index in [9.17, 15) is 8.42 Å². The van der Waals surface area contributed by atoms with Crippen molar-refractivity contribution in [2.45, 2.75) is 11.8 Å². The van der Waals surface area contributed by atoms with E-state index in [1.807, 2.05) is 31.2 Å². The van der Waals surface area contributed by atoms with Gasteiger partial charge in [0, 0.05) is 6.54 Å². The Kier molecular flexibility index (Phi) is 6.04. The number of rotatable bonds is 7. The topological polar surface area (TPSA) is 64.6 Å². The molecule has 0 bridgehead atoms. The second kappa shape index (κ2) is 7.81. The summed E-state index contributed by atoms with van der Waals surface area (Å²) < 4.78 is 38.2. The minimum atomic E-state index is -3.59. The maximum Gasteiger partial charge on any atom is 0.240 e. The Bertz CT molecular complexity index is 777. The largest absolute Gasteiger partial charge is 0.496 e. The maximum atomic E-state index is 12.2. The molecule has 23 heavy (non-hydrogen) atoms. The van der Waals surface area contributed by atoms with Gasteiger partial charge in [-0.2, -0.15) is 0 Å². The SMILES string of the molecule is COc1ccc(S(=O)(=O)NCCOc2ccccc2C)cc1Br. The molecule has 5 nitrogen and oxygen atoms in total. The summed E-state index contributed by atoms with van der Waals surface area (Å²) in [4.78, 5) is 0.168. The Morgan fingerprint density at radius 2 is 1.87 bits per heavy atom. The molecule has 0 unspecified atom stereocenters. The highest BCUT2D eigenvalue weighted by molar-refractivity contribution is 9.10. The molecule has 7 heteroatoms. The molecule has 2 aromatic rings. The molecule has 0 aromatic heterocycles. The summed E-state index contributed by atoms with van der Waals surface area (Å²) in [5.74, 6) is 1.32. The average Bonchev–Trinajstić information content (AvgIpc) is 2.53. The third-order valence-corrected chi connectivity index (χ3v) is 5.26. The smallest absolute Gasteiger partial charge is 0.240 e. The number of halogens is 1. The summed E-state index contributed by atoms with van der Waals surface area (Å²) in [7, 11) is -2.06.